The molecule has 0 fully saturated rings. The summed E-state index contributed by atoms with van der Waals surface area (Å²) in [6, 6.07) is 13.2. The number of methoxy groups -OCH3 is 1. The summed E-state index contributed by atoms with van der Waals surface area (Å²) in [6.45, 7) is 1.47. The minimum absolute atomic E-state index is 0.333. The van der Waals surface area contributed by atoms with Gasteiger partial charge in [-0.2, -0.15) is 0 Å². The first kappa shape index (κ1) is 20.1. The summed E-state index contributed by atoms with van der Waals surface area (Å²) in [5.41, 5.74) is 1.18. The van der Waals surface area contributed by atoms with Crippen molar-refractivity contribution < 1.29 is 17.9 Å². The van der Waals surface area contributed by atoms with Gasteiger partial charge in [-0.05, 0) is 37.3 Å². The predicted molar refractivity (Wildman–Crippen MR) is 103 cm³/mol. The number of amides is 1. The second kappa shape index (κ2) is 8.42. The van der Waals surface area contributed by atoms with E-state index in [0.29, 0.717) is 16.5 Å². The summed E-state index contributed by atoms with van der Waals surface area (Å²) >= 11 is 5.84. The predicted octanol–water partition coefficient (Wildman–Crippen LogP) is 2.99. The average Bonchev–Trinajstić information content (AvgIpc) is 2.59. The van der Waals surface area contributed by atoms with Crippen molar-refractivity contribution in [3.8, 4) is 5.75 Å². The fraction of sp³-hybridized carbons (Fsp3) is 0.278. The van der Waals surface area contributed by atoms with Gasteiger partial charge in [0.1, 0.15) is 12.3 Å². The van der Waals surface area contributed by atoms with E-state index in [1.807, 2.05) is 25.1 Å². The number of para-hydroxylation sites is 1. The number of rotatable bonds is 7. The topological polar surface area (TPSA) is 75.7 Å². The third-order valence-corrected chi connectivity index (χ3v) is 5.18. The molecular weight excluding hydrogens is 376 g/mol. The molecule has 0 radical (unpaired) electrons. The van der Waals surface area contributed by atoms with Crippen LogP contribution in [0.25, 0.3) is 0 Å². The molecule has 1 amide bonds. The molecule has 0 spiro atoms. The van der Waals surface area contributed by atoms with Crippen LogP contribution in [0.4, 0.5) is 5.69 Å². The van der Waals surface area contributed by atoms with E-state index in [1.54, 1.807) is 37.4 Å². The molecule has 0 aliphatic heterocycles. The van der Waals surface area contributed by atoms with Crippen molar-refractivity contribution in [1.82, 2.24) is 5.32 Å². The van der Waals surface area contributed by atoms with E-state index < -0.39 is 15.9 Å². The Morgan fingerprint density at radius 1 is 1.19 bits per heavy atom. The smallest absolute Gasteiger partial charge is 0.241 e. The number of nitrogens with one attached hydrogen (secondary N) is 1. The van der Waals surface area contributed by atoms with Crippen molar-refractivity contribution in [2.45, 2.75) is 13.0 Å². The first-order valence-corrected chi connectivity index (χ1v) is 10.1. The van der Waals surface area contributed by atoms with E-state index in [4.69, 9.17) is 16.3 Å². The Balaban J connectivity index is 2.16. The average molecular weight is 397 g/mol. The molecule has 6 nitrogen and oxygen atoms in total. The van der Waals surface area contributed by atoms with Crippen molar-refractivity contribution >= 4 is 33.2 Å². The number of hydrogen-bond donors (Lipinski definition) is 1. The van der Waals surface area contributed by atoms with Gasteiger partial charge in [-0.3, -0.25) is 9.10 Å². The van der Waals surface area contributed by atoms with Crippen LogP contribution in [-0.2, 0) is 14.8 Å². The number of hydrogen-bond acceptors (Lipinski definition) is 4. The monoisotopic (exact) mass is 396 g/mol. The van der Waals surface area contributed by atoms with Gasteiger partial charge in [-0.15, -0.1) is 0 Å². The zero-order valence-corrected chi connectivity index (χ0v) is 16.3. The summed E-state index contributed by atoms with van der Waals surface area (Å²) in [5, 5.41) is 3.29. The lowest BCUT2D eigenvalue weighted by Crippen LogP contribution is -2.41. The molecule has 0 aliphatic carbocycles. The zero-order valence-electron chi connectivity index (χ0n) is 14.8. The maximum Gasteiger partial charge on any atom is 0.241 e. The first-order valence-electron chi connectivity index (χ1n) is 7.88. The SMILES string of the molecule is COc1ccccc1[C@@H](C)NC(=O)CN(c1ccc(Cl)cc1)S(C)(=O)=O. The Bertz CT molecular complexity index is 869. The number of sulfonamides is 1. The standard InChI is InChI=1S/C18H21ClN2O4S/c1-13(16-6-4-5-7-17(16)25-2)20-18(22)12-21(26(3,23)24)15-10-8-14(19)9-11-15/h4-11,13H,12H2,1-3H3,(H,20,22)/t13-/m1/s1. The lowest BCUT2D eigenvalue weighted by Gasteiger charge is -2.23. The Hall–Kier alpha value is -2.25. The van der Waals surface area contributed by atoms with Crippen molar-refractivity contribution in [1.29, 1.82) is 0 Å². The largest absolute Gasteiger partial charge is 0.496 e. The van der Waals surface area contributed by atoms with Crippen molar-refractivity contribution in [3.63, 3.8) is 0 Å². The van der Waals surface area contributed by atoms with E-state index in [2.05, 4.69) is 5.32 Å². The summed E-state index contributed by atoms with van der Waals surface area (Å²) in [6.07, 6.45) is 1.05. The van der Waals surface area contributed by atoms with Gasteiger partial charge in [-0.25, -0.2) is 8.42 Å². The summed E-state index contributed by atoms with van der Waals surface area (Å²) in [5.74, 6) is 0.224. The number of halogens is 1. The van der Waals surface area contributed by atoms with Gasteiger partial charge >= 0.3 is 0 Å². The van der Waals surface area contributed by atoms with Gasteiger partial charge in [0.05, 0.1) is 25.1 Å². The third-order valence-electron chi connectivity index (χ3n) is 3.79. The first-order chi connectivity index (χ1) is 12.2. The molecule has 8 heteroatoms. The Morgan fingerprint density at radius 3 is 2.38 bits per heavy atom. The van der Waals surface area contributed by atoms with Crippen LogP contribution in [0.3, 0.4) is 0 Å². The summed E-state index contributed by atoms with van der Waals surface area (Å²) in [4.78, 5) is 12.4. The van der Waals surface area contributed by atoms with Crippen molar-refractivity contribution in [2.75, 3.05) is 24.2 Å². The van der Waals surface area contributed by atoms with Crippen LogP contribution in [0.2, 0.25) is 5.02 Å². The van der Waals surface area contributed by atoms with E-state index in [1.165, 1.54) is 0 Å². The molecule has 0 saturated heterocycles. The van der Waals surface area contributed by atoms with Gasteiger partial charge in [0.2, 0.25) is 15.9 Å². The molecule has 1 atom stereocenters. The second-order valence-corrected chi connectivity index (χ2v) is 8.12. The van der Waals surface area contributed by atoms with Gasteiger partial charge in [-0.1, -0.05) is 29.8 Å². The van der Waals surface area contributed by atoms with Crippen LogP contribution in [0.5, 0.6) is 5.75 Å². The molecule has 0 aromatic heterocycles. The molecule has 2 aromatic carbocycles. The fourth-order valence-electron chi connectivity index (χ4n) is 2.53. The van der Waals surface area contributed by atoms with Crippen LogP contribution in [0, 0.1) is 0 Å². The highest BCUT2D eigenvalue weighted by molar-refractivity contribution is 7.92. The van der Waals surface area contributed by atoms with Crippen molar-refractivity contribution in [2.24, 2.45) is 0 Å². The van der Waals surface area contributed by atoms with Crippen molar-refractivity contribution in [3.05, 3.63) is 59.1 Å². The number of nitrogens with zero attached hydrogens (tertiary/aromatic N) is 1. The molecule has 0 saturated carbocycles. The quantitative estimate of drug-likeness (QED) is 0.780. The molecule has 0 bridgehead atoms. The number of anilines is 1. The van der Waals surface area contributed by atoms with E-state index in [0.717, 1.165) is 16.1 Å². The van der Waals surface area contributed by atoms with Gasteiger partial charge < -0.3 is 10.1 Å². The highest BCUT2D eigenvalue weighted by Crippen LogP contribution is 2.25. The summed E-state index contributed by atoms with van der Waals surface area (Å²) < 4.78 is 30.5. The zero-order chi connectivity index (χ0) is 19.3. The van der Waals surface area contributed by atoms with Gasteiger partial charge in [0.25, 0.3) is 0 Å². The van der Waals surface area contributed by atoms with Gasteiger partial charge in [0, 0.05) is 10.6 Å². The highest BCUT2D eigenvalue weighted by atomic mass is 35.5. The minimum Gasteiger partial charge on any atom is -0.496 e. The van der Waals surface area contributed by atoms with E-state index in [-0.39, 0.29) is 12.6 Å². The molecule has 0 aliphatic rings. The molecule has 2 rings (SSSR count). The van der Waals surface area contributed by atoms with Crippen LogP contribution in [0.15, 0.2) is 48.5 Å². The molecule has 1 N–H and O–H groups in total. The minimum atomic E-state index is -3.63. The number of benzene rings is 2. The Kier molecular flexibility index (Phi) is 6.50. The molecular formula is C18H21ClN2O4S. The lowest BCUT2D eigenvalue weighted by atomic mass is 10.1. The lowest BCUT2D eigenvalue weighted by molar-refractivity contribution is -0.120. The third kappa shape index (κ3) is 5.12. The molecule has 140 valence electrons. The summed E-state index contributed by atoms with van der Waals surface area (Å²) in [7, 11) is -2.08. The Labute approximate surface area is 158 Å². The second-order valence-electron chi connectivity index (χ2n) is 5.78. The van der Waals surface area contributed by atoms with Gasteiger partial charge in [0.15, 0.2) is 0 Å². The van der Waals surface area contributed by atoms with Crippen LogP contribution in [-0.4, -0.2) is 34.2 Å². The van der Waals surface area contributed by atoms with Crippen LogP contribution in [0.1, 0.15) is 18.5 Å². The van der Waals surface area contributed by atoms with Crippen LogP contribution >= 0.6 is 11.6 Å². The normalized spacial score (nSPS) is 12.3. The molecule has 2 aromatic rings. The fourth-order valence-corrected chi connectivity index (χ4v) is 3.51. The number of carbonyl (C=O) groups is 1. The maximum absolute atomic E-state index is 12.4. The number of ether oxygens (including phenoxy) is 1. The molecule has 0 heterocycles. The van der Waals surface area contributed by atoms with E-state index >= 15 is 0 Å². The number of carbonyl (C=O) groups excluding carboxylic acids is 1. The maximum atomic E-state index is 12.4. The Morgan fingerprint density at radius 2 is 1.81 bits per heavy atom. The van der Waals surface area contributed by atoms with Crippen LogP contribution < -0.4 is 14.4 Å². The highest BCUT2D eigenvalue weighted by Gasteiger charge is 2.22. The van der Waals surface area contributed by atoms with E-state index in [9.17, 15) is 13.2 Å². The molecule has 0 unspecified atom stereocenters. The molecule has 26 heavy (non-hydrogen) atoms.